The Morgan fingerprint density at radius 3 is 2.58 bits per heavy atom. The molecule has 0 aliphatic rings. The van der Waals surface area contributed by atoms with Crippen LogP contribution in [-0.4, -0.2) is 20.1 Å². The van der Waals surface area contributed by atoms with Gasteiger partial charge in [0, 0.05) is 6.07 Å². The quantitative estimate of drug-likeness (QED) is 0.919. The second-order valence-corrected chi connectivity index (χ2v) is 3.91. The molecule has 0 aliphatic carbocycles. The van der Waals surface area contributed by atoms with Crippen LogP contribution in [0.25, 0.3) is 0 Å². The third-order valence-electron chi connectivity index (χ3n) is 2.76. The first-order valence-electron chi connectivity index (χ1n) is 5.73. The minimum absolute atomic E-state index is 0.241. The molecule has 0 spiro atoms. The number of rotatable bonds is 4. The summed E-state index contributed by atoms with van der Waals surface area (Å²) in [6.45, 7) is 1.74. The van der Waals surface area contributed by atoms with Crippen LogP contribution in [0, 0.1) is 6.92 Å². The van der Waals surface area contributed by atoms with Gasteiger partial charge >= 0.3 is 0 Å². The number of hydrogen-bond donors (Lipinski definition) is 1. The molecule has 0 unspecified atom stereocenters. The minimum atomic E-state index is -0.241. The first kappa shape index (κ1) is 13.0. The maximum atomic E-state index is 12.1. The van der Waals surface area contributed by atoms with Gasteiger partial charge in [-0.15, -0.1) is 0 Å². The standard InChI is InChI=1S/C14H15NO4/c1-9-11(6-7-19-9)14(16)15-12-5-4-10(17-2)8-13(12)18-3/h4-8H,1-3H3,(H,15,16). The molecule has 1 amide bonds. The van der Waals surface area contributed by atoms with E-state index in [1.807, 2.05) is 0 Å². The lowest BCUT2D eigenvalue weighted by Crippen LogP contribution is -2.12. The Morgan fingerprint density at radius 2 is 2.00 bits per heavy atom. The largest absolute Gasteiger partial charge is 0.497 e. The van der Waals surface area contributed by atoms with Gasteiger partial charge in [-0.2, -0.15) is 0 Å². The number of amides is 1. The molecule has 0 bridgehead atoms. The summed E-state index contributed by atoms with van der Waals surface area (Å²) in [6.07, 6.45) is 1.48. The number of nitrogens with one attached hydrogen (secondary N) is 1. The van der Waals surface area contributed by atoms with Crippen molar-refractivity contribution in [2.75, 3.05) is 19.5 Å². The van der Waals surface area contributed by atoms with Crippen LogP contribution in [0.5, 0.6) is 11.5 Å². The van der Waals surface area contributed by atoms with E-state index in [1.54, 1.807) is 38.3 Å². The SMILES string of the molecule is COc1ccc(NC(=O)c2ccoc2C)c(OC)c1. The first-order chi connectivity index (χ1) is 9.15. The summed E-state index contributed by atoms with van der Waals surface area (Å²) in [5.41, 5.74) is 1.08. The van der Waals surface area contributed by atoms with Gasteiger partial charge in [-0.25, -0.2) is 0 Å². The predicted molar refractivity (Wildman–Crippen MR) is 70.9 cm³/mol. The molecule has 5 nitrogen and oxygen atoms in total. The predicted octanol–water partition coefficient (Wildman–Crippen LogP) is 2.86. The third-order valence-corrected chi connectivity index (χ3v) is 2.76. The monoisotopic (exact) mass is 261 g/mol. The van der Waals surface area contributed by atoms with E-state index in [0.29, 0.717) is 28.5 Å². The van der Waals surface area contributed by atoms with Crippen LogP contribution >= 0.6 is 0 Å². The molecule has 0 radical (unpaired) electrons. The van der Waals surface area contributed by atoms with E-state index in [-0.39, 0.29) is 5.91 Å². The van der Waals surface area contributed by atoms with Crippen LogP contribution in [0.1, 0.15) is 16.1 Å². The Balaban J connectivity index is 2.24. The summed E-state index contributed by atoms with van der Waals surface area (Å²) in [6, 6.07) is 6.81. The average Bonchev–Trinajstić information content (AvgIpc) is 2.85. The highest BCUT2D eigenvalue weighted by atomic mass is 16.5. The Labute approximate surface area is 111 Å². The fourth-order valence-electron chi connectivity index (χ4n) is 1.71. The molecule has 0 saturated carbocycles. The normalized spacial score (nSPS) is 10.1. The van der Waals surface area contributed by atoms with Crippen LogP contribution in [0.4, 0.5) is 5.69 Å². The molecule has 0 saturated heterocycles. The highest BCUT2D eigenvalue weighted by Crippen LogP contribution is 2.29. The van der Waals surface area contributed by atoms with Gasteiger partial charge in [0.1, 0.15) is 17.3 Å². The summed E-state index contributed by atoms with van der Waals surface area (Å²) in [4.78, 5) is 12.1. The smallest absolute Gasteiger partial charge is 0.259 e. The Kier molecular flexibility index (Phi) is 3.75. The number of ether oxygens (including phenoxy) is 2. The van der Waals surface area contributed by atoms with Crippen molar-refractivity contribution in [2.45, 2.75) is 6.92 Å². The molecular weight excluding hydrogens is 246 g/mol. The van der Waals surface area contributed by atoms with Crippen LogP contribution in [0.15, 0.2) is 34.9 Å². The molecule has 2 aromatic rings. The van der Waals surface area contributed by atoms with E-state index >= 15 is 0 Å². The Bertz CT molecular complexity index is 589. The van der Waals surface area contributed by atoms with Crippen molar-refractivity contribution in [1.82, 2.24) is 0 Å². The number of aryl methyl sites for hydroxylation is 1. The zero-order valence-corrected chi connectivity index (χ0v) is 11.0. The van der Waals surface area contributed by atoms with Crippen molar-refractivity contribution in [3.05, 3.63) is 41.9 Å². The highest BCUT2D eigenvalue weighted by Gasteiger charge is 2.14. The summed E-state index contributed by atoms with van der Waals surface area (Å²) in [7, 11) is 3.11. The van der Waals surface area contributed by atoms with Crippen molar-refractivity contribution >= 4 is 11.6 Å². The van der Waals surface area contributed by atoms with Crippen molar-refractivity contribution in [2.24, 2.45) is 0 Å². The Morgan fingerprint density at radius 1 is 1.21 bits per heavy atom. The van der Waals surface area contributed by atoms with Gasteiger partial charge in [0.05, 0.1) is 31.7 Å². The van der Waals surface area contributed by atoms with Gasteiger partial charge in [-0.1, -0.05) is 0 Å². The number of hydrogen-bond acceptors (Lipinski definition) is 4. The summed E-state index contributed by atoms with van der Waals surface area (Å²) >= 11 is 0. The number of furan rings is 1. The summed E-state index contributed by atoms with van der Waals surface area (Å²) in [5.74, 6) is 1.53. The van der Waals surface area contributed by atoms with Crippen LogP contribution < -0.4 is 14.8 Å². The number of anilines is 1. The zero-order valence-electron chi connectivity index (χ0n) is 11.0. The van der Waals surface area contributed by atoms with Crippen LogP contribution in [0.3, 0.4) is 0 Å². The van der Waals surface area contributed by atoms with Crippen molar-refractivity contribution in [3.8, 4) is 11.5 Å². The second kappa shape index (κ2) is 5.48. The van der Waals surface area contributed by atoms with Gasteiger partial charge in [0.15, 0.2) is 0 Å². The fraction of sp³-hybridized carbons (Fsp3) is 0.214. The van der Waals surface area contributed by atoms with Crippen molar-refractivity contribution in [3.63, 3.8) is 0 Å². The maximum Gasteiger partial charge on any atom is 0.259 e. The molecule has 0 aliphatic heterocycles. The molecule has 19 heavy (non-hydrogen) atoms. The van der Waals surface area contributed by atoms with Crippen LogP contribution in [-0.2, 0) is 0 Å². The molecule has 1 N–H and O–H groups in total. The molecule has 1 aromatic heterocycles. The first-order valence-corrected chi connectivity index (χ1v) is 5.73. The molecular formula is C14H15NO4. The second-order valence-electron chi connectivity index (χ2n) is 3.91. The summed E-state index contributed by atoms with van der Waals surface area (Å²) < 4.78 is 15.4. The third kappa shape index (κ3) is 2.70. The van der Waals surface area contributed by atoms with E-state index in [9.17, 15) is 4.79 Å². The lowest BCUT2D eigenvalue weighted by molar-refractivity contribution is 0.102. The van der Waals surface area contributed by atoms with Gasteiger partial charge in [0.2, 0.25) is 0 Å². The minimum Gasteiger partial charge on any atom is -0.497 e. The van der Waals surface area contributed by atoms with Crippen molar-refractivity contribution < 1.29 is 18.7 Å². The molecule has 0 atom stereocenters. The molecule has 100 valence electrons. The maximum absolute atomic E-state index is 12.1. The number of benzene rings is 1. The van der Waals surface area contributed by atoms with E-state index in [0.717, 1.165) is 0 Å². The van der Waals surface area contributed by atoms with Gasteiger partial charge in [-0.05, 0) is 25.1 Å². The number of carbonyl (C=O) groups excluding carboxylic acids is 1. The van der Waals surface area contributed by atoms with Gasteiger partial charge < -0.3 is 19.2 Å². The summed E-state index contributed by atoms with van der Waals surface area (Å²) in [5, 5.41) is 2.78. The molecule has 1 heterocycles. The number of methoxy groups -OCH3 is 2. The topological polar surface area (TPSA) is 60.7 Å². The van der Waals surface area contributed by atoms with Gasteiger partial charge in [-0.3, -0.25) is 4.79 Å². The molecule has 1 aromatic carbocycles. The van der Waals surface area contributed by atoms with E-state index in [4.69, 9.17) is 13.9 Å². The van der Waals surface area contributed by atoms with E-state index in [1.165, 1.54) is 13.4 Å². The molecule has 2 rings (SSSR count). The highest BCUT2D eigenvalue weighted by molar-refractivity contribution is 6.05. The molecule has 5 heteroatoms. The van der Waals surface area contributed by atoms with Crippen LogP contribution in [0.2, 0.25) is 0 Å². The Hall–Kier alpha value is -2.43. The number of carbonyl (C=O) groups is 1. The average molecular weight is 261 g/mol. The van der Waals surface area contributed by atoms with E-state index in [2.05, 4.69) is 5.32 Å². The lowest BCUT2D eigenvalue weighted by atomic mass is 10.2. The van der Waals surface area contributed by atoms with E-state index < -0.39 is 0 Å². The molecule has 0 fully saturated rings. The lowest BCUT2D eigenvalue weighted by Gasteiger charge is -2.11. The van der Waals surface area contributed by atoms with Crippen molar-refractivity contribution in [1.29, 1.82) is 0 Å². The zero-order chi connectivity index (χ0) is 13.8. The fourth-order valence-corrected chi connectivity index (χ4v) is 1.71. The van der Waals surface area contributed by atoms with Gasteiger partial charge in [0.25, 0.3) is 5.91 Å².